The molecule has 2 aromatic rings. The van der Waals surface area contributed by atoms with Gasteiger partial charge in [0, 0.05) is 5.92 Å². The van der Waals surface area contributed by atoms with Crippen LogP contribution in [0.4, 0.5) is 0 Å². The van der Waals surface area contributed by atoms with E-state index in [2.05, 4.69) is 26.0 Å². The molecule has 0 saturated heterocycles. The molecule has 2 aliphatic rings. The Labute approximate surface area is 122 Å². The molecule has 0 amide bonds. The molecule has 0 radical (unpaired) electrons. The van der Waals surface area contributed by atoms with Crippen LogP contribution in [0.2, 0.25) is 0 Å². The second-order valence-electron chi connectivity index (χ2n) is 6.69. The fourth-order valence-electron chi connectivity index (χ4n) is 4.05. The van der Waals surface area contributed by atoms with E-state index in [9.17, 15) is 9.59 Å². The summed E-state index contributed by atoms with van der Waals surface area (Å²) in [6, 6.07) is 7.08. The van der Waals surface area contributed by atoms with E-state index in [1.165, 1.54) is 4.57 Å². The Morgan fingerprint density at radius 2 is 2.05 bits per heavy atom. The summed E-state index contributed by atoms with van der Waals surface area (Å²) in [6.07, 6.45) is 5.17. The molecular weight excluding hydrogens is 266 g/mol. The molecule has 1 saturated carbocycles. The van der Waals surface area contributed by atoms with Crippen LogP contribution in [0, 0.1) is 23.2 Å². The largest absolute Gasteiger partial charge is 0.426 e. The van der Waals surface area contributed by atoms with Gasteiger partial charge in [-0.2, -0.15) is 0 Å². The lowest BCUT2D eigenvalue weighted by atomic mass is 9.79. The van der Waals surface area contributed by atoms with Crippen molar-refractivity contribution >= 4 is 17.0 Å². The molecule has 1 heterocycles. The average molecular weight is 283 g/mol. The molecule has 1 aromatic carbocycles. The van der Waals surface area contributed by atoms with Crippen molar-refractivity contribution in [1.82, 2.24) is 4.57 Å². The molecule has 108 valence electrons. The second-order valence-corrected chi connectivity index (χ2v) is 6.69. The summed E-state index contributed by atoms with van der Waals surface area (Å²) in [5, 5.41) is 0. The summed E-state index contributed by atoms with van der Waals surface area (Å²) in [5.74, 6) is -0.213. The second kappa shape index (κ2) is 3.97. The fraction of sp³-hybridized carbons (Fsp3) is 0.412. The number of hydrogen-bond donors (Lipinski definition) is 0. The number of fused-ring (bicyclic) bond motifs is 3. The monoisotopic (exact) mass is 283 g/mol. The van der Waals surface area contributed by atoms with Crippen molar-refractivity contribution in [2.75, 3.05) is 0 Å². The topological polar surface area (TPSA) is 52.2 Å². The van der Waals surface area contributed by atoms with Crippen molar-refractivity contribution in [1.29, 1.82) is 0 Å². The Morgan fingerprint density at radius 3 is 2.71 bits per heavy atom. The Balaban J connectivity index is 1.81. The van der Waals surface area contributed by atoms with Crippen LogP contribution in [0.3, 0.4) is 0 Å². The summed E-state index contributed by atoms with van der Waals surface area (Å²) in [7, 11) is 0. The van der Waals surface area contributed by atoms with Gasteiger partial charge in [-0.3, -0.25) is 4.79 Å². The molecule has 3 unspecified atom stereocenters. The Hall–Kier alpha value is -2.10. The van der Waals surface area contributed by atoms with Gasteiger partial charge < -0.3 is 4.42 Å². The first kappa shape index (κ1) is 12.6. The molecule has 21 heavy (non-hydrogen) atoms. The van der Waals surface area contributed by atoms with E-state index in [0.717, 1.165) is 6.42 Å². The van der Waals surface area contributed by atoms with Crippen LogP contribution in [-0.2, 0) is 0 Å². The van der Waals surface area contributed by atoms with Crippen molar-refractivity contribution in [3.63, 3.8) is 0 Å². The molecule has 3 atom stereocenters. The van der Waals surface area contributed by atoms with Crippen LogP contribution in [-0.4, -0.2) is 10.5 Å². The molecule has 4 heteroatoms. The maximum Gasteiger partial charge on any atom is 0.426 e. The predicted octanol–water partition coefficient (Wildman–Crippen LogP) is 3.08. The van der Waals surface area contributed by atoms with Crippen molar-refractivity contribution in [3.8, 4) is 0 Å². The minimum Gasteiger partial charge on any atom is -0.407 e. The highest BCUT2D eigenvalue weighted by Gasteiger charge is 2.53. The van der Waals surface area contributed by atoms with Crippen LogP contribution >= 0.6 is 0 Å². The number of para-hydroxylation sites is 2. The third kappa shape index (κ3) is 1.56. The Kier molecular flexibility index (Phi) is 2.39. The van der Waals surface area contributed by atoms with Crippen LogP contribution < -0.4 is 5.76 Å². The number of hydrogen-bond acceptors (Lipinski definition) is 3. The Morgan fingerprint density at radius 1 is 1.29 bits per heavy atom. The van der Waals surface area contributed by atoms with E-state index in [1.54, 1.807) is 18.2 Å². The molecule has 1 fully saturated rings. The van der Waals surface area contributed by atoms with Gasteiger partial charge in [-0.15, -0.1) is 0 Å². The highest BCUT2D eigenvalue weighted by Crippen LogP contribution is 2.56. The van der Waals surface area contributed by atoms with Crippen molar-refractivity contribution in [2.24, 2.45) is 23.2 Å². The highest BCUT2D eigenvalue weighted by molar-refractivity contribution is 5.91. The number of rotatable bonds is 1. The Bertz CT molecular complexity index is 824. The van der Waals surface area contributed by atoms with E-state index < -0.39 is 5.76 Å². The van der Waals surface area contributed by atoms with Gasteiger partial charge in [0.2, 0.25) is 5.91 Å². The smallest absolute Gasteiger partial charge is 0.407 e. The van der Waals surface area contributed by atoms with Gasteiger partial charge >= 0.3 is 5.76 Å². The number of carbonyl (C=O) groups excluding carboxylic acids is 1. The van der Waals surface area contributed by atoms with Crippen molar-refractivity contribution in [3.05, 3.63) is 47.0 Å². The molecule has 2 aliphatic carbocycles. The van der Waals surface area contributed by atoms with Gasteiger partial charge in [-0.25, -0.2) is 9.36 Å². The maximum atomic E-state index is 12.9. The summed E-state index contributed by atoms with van der Waals surface area (Å²) in [6.45, 7) is 4.40. The van der Waals surface area contributed by atoms with E-state index in [-0.39, 0.29) is 23.2 Å². The normalized spacial score (nSPS) is 29.3. The first-order valence-corrected chi connectivity index (χ1v) is 7.33. The number of benzene rings is 1. The van der Waals surface area contributed by atoms with Crippen LogP contribution in [0.1, 0.15) is 25.1 Å². The molecule has 0 aliphatic heterocycles. The third-order valence-corrected chi connectivity index (χ3v) is 5.33. The van der Waals surface area contributed by atoms with Gasteiger partial charge in [0.15, 0.2) is 5.58 Å². The number of aromatic nitrogens is 1. The standard InChI is InChI=1S/C17H17NO3/c1-17(2)10-7-8-12(17)11(9-10)15(19)18-13-5-3-4-6-14(13)21-16(18)20/h3-8,10-12H,9H2,1-2H3. The van der Waals surface area contributed by atoms with Crippen LogP contribution in [0.25, 0.3) is 11.1 Å². The molecule has 4 nitrogen and oxygen atoms in total. The highest BCUT2D eigenvalue weighted by atomic mass is 16.4. The van der Waals surface area contributed by atoms with E-state index in [0.29, 0.717) is 17.0 Å². The summed E-state index contributed by atoms with van der Waals surface area (Å²) >= 11 is 0. The van der Waals surface area contributed by atoms with Gasteiger partial charge in [0.1, 0.15) is 0 Å². The molecular formula is C17H17NO3. The van der Waals surface area contributed by atoms with Gasteiger partial charge in [-0.05, 0) is 35.8 Å². The van der Waals surface area contributed by atoms with E-state index in [1.807, 2.05) is 6.07 Å². The molecule has 1 aromatic heterocycles. The number of carbonyl (C=O) groups is 1. The first-order valence-electron chi connectivity index (χ1n) is 7.33. The zero-order valence-electron chi connectivity index (χ0n) is 12.1. The lowest BCUT2D eigenvalue weighted by Crippen LogP contribution is -2.32. The molecule has 0 spiro atoms. The minimum absolute atomic E-state index is 0.101. The third-order valence-electron chi connectivity index (χ3n) is 5.33. The minimum atomic E-state index is -0.578. The summed E-state index contributed by atoms with van der Waals surface area (Å²) in [5.41, 5.74) is 1.13. The van der Waals surface area contributed by atoms with E-state index >= 15 is 0 Å². The fourth-order valence-corrected chi connectivity index (χ4v) is 4.05. The number of nitrogens with zero attached hydrogens (tertiary/aromatic N) is 1. The van der Waals surface area contributed by atoms with Crippen LogP contribution in [0.15, 0.2) is 45.6 Å². The van der Waals surface area contributed by atoms with E-state index in [4.69, 9.17) is 4.42 Å². The molecule has 4 rings (SSSR count). The number of allylic oxidation sites excluding steroid dienone is 2. The van der Waals surface area contributed by atoms with Gasteiger partial charge in [0.25, 0.3) is 0 Å². The van der Waals surface area contributed by atoms with Gasteiger partial charge in [0.05, 0.1) is 5.52 Å². The van der Waals surface area contributed by atoms with Gasteiger partial charge in [-0.1, -0.05) is 38.1 Å². The summed E-state index contributed by atoms with van der Waals surface area (Å²) in [4.78, 5) is 25.0. The first-order chi connectivity index (χ1) is 10.00. The van der Waals surface area contributed by atoms with Crippen molar-refractivity contribution in [2.45, 2.75) is 20.3 Å². The molecule has 2 bridgehead atoms. The number of oxazole rings is 1. The quantitative estimate of drug-likeness (QED) is 0.756. The molecule has 0 N–H and O–H groups in total. The lowest BCUT2D eigenvalue weighted by Gasteiger charge is -2.25. The zero-order chi connectivity index (χ0) is 14.8. The van der Waals surface area contributed by atoms with Crippen molar-refractivity contribution < 1.29 is 9.21 Å². The predicted molar refractivity (Wildman–Crippen MR) is 79.1 cm³/mol. The average Bonchev–Trinajstić information content (AvgIpc) is 3.03. The lowest BCUT2D eigenvalue weighted by molar-refractivity contribution is 0.0793. The summed E-state index contributed by atoms with van der Waals surface area (Å²) < 4.78 is 6.39. The maximum absolute atomic E-state index is 12.9. The van der Waals surface area contributed by atoms with Crippen LogP contribution in [0.5, 0.6) is 0 Å². The zero-order valence-corrected chi connectivity index (χ0v) is 12.1. The SMILES string of the molecule is CC1(C)C2C=CC1C(C(=O)n1c(=O)oc3ccccc31)C2.